The number of benzene rings is 1. The maximum atomic E-state index is 11.4. The lowest BCUT2D eigenvalue weighted by Crippen LogP contribution is -2.08. The van der Waals surface area contributed by atoms with Gasteiger partial charge >= 0.3 is 5.97 Å². The molecule has 0 saturated carbocycles. The molecule has 0 fully saturated rings. The van der Waals surface area contributed by atoms with E-state index in [1.807, 2.05) is 29.5 Å². The molecule has 0 atom stereocenters. The van der Waals surface area contributed by atoms with Gasteiger partial charge in [0.15, 0.2) is 5.82 Å². The summed E-state index contributed by atoms with van der Waals surface area (Å²) in [6.45, 7) is 2.55. The number of hydrogen-bond acceptors (Lipinski definition) is 7. The molecule has 3 aromatic rings. The normalized spacial score (nSPS) is 11.1. The molecule has 0 aliphatic rings. The van der Waals surface area contributed by atoms with Crippen LogP contribution in [0.4, 0.5) is 5.82 Å². The molecular weight excluding hydrogens is 362 g/mol. The average Bonchev–Trinajstić information content (AvgIpc) is 3.05. The van der Waals surface area contributed by atoms with E-state index in [-0.39, 0.29) is 5.78 Å². The third-order valence-corrected chi connectivity index (χ3v) is 4.47. The molecule has 9 heteroatoms. The van der Waals surface area contributed by atoms with Crippen molar-refractivity contribution in [1.29, 1.82) is 0 Å². The number of unbranched alkanes of at least 4 members (excludes halogenated alkanes) is 2. The average molecular weight is 385 g/mol. The molecule has 1 aromatic carbocycles. The molecule has 0 aliphatic carbocycles. The lowest BCUT2D eigenvalue weighted by Gasteiger charge is -2.10. The van der Waals surface area contributed by atoms with Crippen LogP contribution in [0.3, 0.4) is 0 Å². The quantitative estimate of drug-likeness (QED) is 0.404. The summed E-state index contributed by atoms with van der Waals surface area (Å²) in [5, 5.41) is 20.3. The van der Waals surface area contributed by atoms with Gasteiger partial charge in [-0.05, 0) is 31.9 Å². The Kier molecular flexibility index (Phi) is 6.03. The number of rotatable bonds is 10. The number of aliphatic carboxylic acids is 1. The Morgan fingerprint density at radius 1 is 1.21 bits per heavy atom. The molecule has 0 unspecified atom stereocenters. The molecule has 2 aromatic heterocycles. The Labute approximate surface area is 161 Å². The van der Waals surface area contributed by atoms with Crippen LogP contribution in [0.2, 0.25) is 0 Å². The molecule has 0 spiro atoms. The highest BCUT2D eigenvalue weighted by Gasteiger charge is 2.13. The molecule has 3 rings (SSSR count). The molecule has 0 aliphatic heterocycles. The number of aryl methyl sites for hydroxylation is 1. The lowest BCUT2D eigenvalue weighted by molar-refractivity contribution is -0.140. The van der Waals surface area contributed by atoms with Gasteiger partial charge in [-0.3, -0.25) is 14.0 Å². The smallest absolute Gasteiger partial charge is 0.310 e. The Morgan fingerprint density at radius 3 is 2.79 bits per heavy atom. The predicted octanol–water partition coefficient (Wildman–Crippen LogP) is 2.61. The van der Waals surface area contributed by atoms with Gasteiger partial charge in [-0.25, -0.2) is 4.98 Å². The van der Waals surface area contributed by atoms with Crippen molar-refractivity contribution >= 4 is 34.3 Å². The van der Waals surface area contributed by atoms with Crippen molar-refractivity contribution < 1.29 is 19.4 Å². The standard InChI is InChI=1S/C19H23N5O4/c1-12-22-23-19-18(20-9-5-3-4-6-13(25)10-17(26)27)21-15-11-14(28-2)7-8-16(15)24(12)19/h7-8,11H,3-6,9-10H2,1-2H3,(H,20,21)(H,26,27). The van der Waals surface area contributed by atoms with Crippen LogP contribution in [-0.4, -0.2) is 50.1 Å². The van der Waals surface area contributed by atoms with Gasteiger partial charge in [0.2, 0.25) is 5.65 Å². The summed E-state index contributed by atoms with van der Waals surface area (Å²) in [5.41, 5.74) is 2.34. The zero-order valence-electron chi connectivity index (χ0n) is 15.9. The van der Waals surface area contributed by atoms with Gasteiger partial charge in [-0.2, -0.15) is 0 Å². The summed E-state index contributed by atoms with van der Waals surface area (Å²) in [4.78, 5) is 26.6. The topological polar surface area (TPSA) is 119 Å². The number of nitrogens with zero attached hydrogens (tertiary/aromatic N) is 4. The first-order chi connectivity index (χ1) is 13.5. The number of nitrogens with one attached hydrogen (secondary N) is 1. The van der Waals surface area contributed by atoms with Gasteiger partial charge in [-0.15, -0.1) is 10.2 Å². The van der Waals surface area contributed by atoms with Crippen LogP contribution in [0.15, 0.2) is 18.2 Å². The third kappa shape index (κ3) is 4.36. The van der Waals surface area contributed by atoms with Crippen LogP contribution in [-0.2, 0) is 9.59 Å². The number of anilines is 1. The monoisotopic (exact) mass is 385 g/mol. The van der Waals surface area contributed by atoms with Crippen molar-refractivity contribution in [2.75, 3.05) is 19.0 Å². The number of hydrogen-bond donors (Lipinski definition) is 2. The van der Waals surface area contributed by atoms with Crippen molar-refractivity contribution in [3.63, 3.8) is 0 Å². The van der Waals surface area contributed by atoms with E-state index in [1.165, 1.54) is 0 Å². The number of carboxylic acids is 1. The van der Waals surface area contributed by atoms with Crippen LogP contribution in [0.5, 0.6) is 5.75 Å². The molecule has 0 bridgehead atoms. The summed E-state index contributed by atoms with van der Waals surface area (Å²) >= 11 is 0. The SMILES string of the molecule is COc1ccc2c(c1)nc(NCCCCCC(=O)CC(=O)O)c1nnc(C)n12. The lowest BCUT2D eigenvalue weighted by atomic mass is 10.1. The van der Waals surface area contributed by atoms with Crippen LogP contribution in [0, 0.1) is 6.92 Å². The number of aromatic nitrogens is 4. The molecule has 2 heterocycles. The van der Waals surface area contributed by atoms with Crippen molar-refractivity contribution in [3.05, 3.63) is 24.0 Å². The van der Waals surface area contributed by atoms with E-state index in [0.29, 0.717) is 30.9 Å². The van der Waals surface area contributed by atoms with E-state index < -0.39 is 12.4 Å². The Bertz CT molecular complexity index is 1010. The van der Waals surface area contributed by atoms with Crippen molar-refractivity contribution in [2.45, 2.75) is 39.0 Å². The maximum absolute atomic E-state index is 11.4. The summed E-state index contributed by atoms with van der Waals surface area (Å²) in [7, 11) is 1.62. The van der Waals surface area contributed by atoms with Crippen LogP contribution >= 0.6 is 0 Å². The van der Waals surface area contributed by atoms with Gasteiger partial charge in [0.05, 0.1) is 18.1 Å². The van der Waals surface area contributed by atoms with E-state index in [0.717, 1.165) is 35.4 Å². The van der Waals surface area contributed by atoms with E-state index in [2.05, 4.69) is 20.5 Å². The van der Waals surface area contributed by atoms with E-state index in [4.69, 9.17) is 9.84 Å². The second kappa shape index (κ2) is 8.64. The third-order valence-electron chi connectivity index (χ3n) is 4.47. The zero-order chi connectivity index (χ0) is 20.1. The fourth-order valence-corrected chi connectivity index (χ4v) is 3.09. The number of carboxylic acid groups (broad SMARTS) is 1. The van der Waals surface area contributed by atoms with Crippen LogP contribution < -0.4 is 10.1 Å². The fraction of sp³-hybridized carbons (Fsp3) is 0.421. The van der Waals surface area contributed by atoms with Crippen molar-refractivity contribution in [3.8, 4) is 5.75 Å². The summed E-state index contributed by atoms with van der Waals surface area (Å²) in [6.07, 6.45) is 2.23. The predicted molar refractivity (Wildman–Crippen MR) is 104 cm³/mol. The molecule has 148 valence electrons. The second-order valence-electron chi connectivity index (χ2n) is 6.57. The second-order valence-corrected chi connectivity index (χ2v) is 6.57. The Balaban J connectivity index is 1.65. The molecular formula is C19H23N5O4. The van der Waals surface area contributed by atoms with Crippen molar-refractivity contribution in [1.82, 2.24) is 19.6 Å². The summed E-state index contributed by atoms with van der Waals surface area (Å²) in [6, 6.07) is 5.68. The zero-order valence-corrected chi connectivity index (χ0v) is 15.9. The van der Waals surface area contributed by atoms with Gasteiger partial charge in [-0.1, -0.05) is 6.42 Å². The maximum Gasteiger partial charge on any atom is 0.310 e. The first-order valence-electron chi connectivity index (χ1n) is 9.16. The van der Waals surface area contributed by atoms with E-state index >= 15 is 0 Å². The highest BCUT2D eigenvalue weighted by atomic mass is 16.5. The number of carbonyl (C=O) groups is 2. The van der Waals surface area contributed by atoms with Gasteiger partial charge in [0, 0.05) is 19.0 Å². The summed E-state index contributed by atoms with van der Waals surface area (Å²) in [5.74, 6) is 0.836. The minimum absolute atomic E-state index is 0.230. The van der Waals surface area contributed by atoms with E-state index in [9.17, 15) is 9.59 Å². The first-order valence-corrected chi connectivity index (χ1v) is 9.16. The number of carbonyl (C=O) groups excluding carboxylic acids is 1. The largest absolute Gasteiger partial charge is 0.497 e. The van der Waals surface area contributed by atoms with Gasteiger partial charge in [0.25, 0.3) is 0 Å². The number of ether oxygens (including phenoxy) is 1. The Hall–Kier alpha value is -3.23. The molecule has 0 amide bonds. The molecule has 2 N–H and O–H groups in total. The molecule has 0 radical (unpaired) electrons. The van der Waals surface area contributed by atoms with E-state index in [1.54, 1.807) is 7.11 Å². The number of methoxy groups -OCH3 is 1. The Morgan fingerprint density at radius 2 is 2.04 bits per heavy atom. The summed E-state index contributed by atoms with van der Waals surface area (Å²) < 4.78 is 7.24. The number of Topliss-reactive ketones (excluding diaryl/α,β-unsaturated/α-hetero) is 1. The minimum Gasteiger partial charge on any atom is -0.497 e. The highest BCUT2D eigenvalue weighted by Crippen LogP contribution is 2.25. The van der Waals surface area contributed by atoms with Crippen LogP contribution in [0.1, 0.15) is 37.9 Å². The molecule has 28 heavy (non-hydrogen) atoms. The van der Waals surface area contributed by atoms with Crippen LogP contribution in [0.25, 0.3) is 16.7 Å². The first kappa shape index (κ1) is 19.5. The van der Waals surface area contributed by atoms with Gasteiger partial charge in [0.1, 0.15) is 23.8 Å². The van der Waals surface area contributed by atoms with Gasteiger partial charge < -0.3 is 15.2 Å². The highest BCUT2D eigenvalue weighted by molar-refractivity contribution is 5.94. The number of fused-ring (bicyclic) bond motifs is 3. The van der Waals surface area contributed by atoms with Crippen molar-refractivity contribution in [2.24, 2.45) is 0 Å². The molecule has 0 saturated heterocycles. The fourth-order valence-electron chi connectivity index (χ4n) is 3.09. The minimum atomic E-state index is -1.07. The number of ketones is 1. The molecule has 9 nitrogen and oxygen atoms in total.